The molecule has 0 saturated heterocycles. The molecule has 0 aliphatic carbocycles. The van der Waals surface area contributed by atoms with E-state index in [4.69, 9.17) is 0 Å². The zero-order valence-corrected chi connectivity index (χ0v) is 28.5. The summed E-state index contributed by atoms with van der Waals surface area (Å²) in [7, 11) is 0. The van der Waals surface area contributed by atoms with Gasteiger partial charge in [0.2, 0.25) is 0 Å². The van der Waals surface area contributed by atoms with Crippen LogP contribution in [0.5, 0.6) is 0 Å². The Morgan fingerprint density at radius 1 is 0.327 bits per heavy atom. The van der Waals surface area contributed by atoms with Crippen molar-refractivity contribution in [2.24, 2.45) is 0 Å². The van der Waals surface area contributed by atoms with Crippen LogP contribution in [0.1, 0.15) is 0 Å². The van der Waals surface area contributed by atoms with E-state index in [9.17, 15) is 0 Å². The predicted octanol–water partition coefficient (Wildman–Crippen LogP) is 13.9. The number of hydrogen-bond donors (Lipinski definition) is 0. The standard InChI is InChI=1S/C50H34N2/c1-3-17-35(18-4-1)40-23-11-14-28-46(40)51(49-33-37-21-7-8-22-39(37)42-25-9-10-26-43(42)49)38-31-32-45-44-27-13-16-30-48(44)52(50(45)34-38)47-29-15-12-24-41(47)36-19-5-2-6-20-36/h1-34H. The van der Waals surface area contributed by atoms with Gasteiger partial charge in [-0.25, -0.2) is 0 Å². The zero-order chi connectivity index (χ0) is 34.4. The lowest BCUT2D eigenvalue weighted by molar-refractivity contribution is 1.18. The maximum Gasteiger partial charge on any atom is 0.0562 e. The minimum Gasteiger partial charge on any atom is -0.309 e. The Morgan fingerprint density at radius 2 is 0.885 bits per heavy atom. The molecule has 2 heteroatoms. The monoisotopic (exact) mass is 662 g/mol. The minimum absolute atomic E-state index is 1.09. The van der Waals surface area contributed by atoms with Crippen LogP contribution in [0, 0.1) is 0 Å². The highest BCUT2D eigenvalue weighted by Crippen LogP contribution is 2.47. The molecule has 244 valence electrons. The first-order chi connectivity index (χ1) is 25.8. The molecule has 0 atom stereocenters. The molecule has 0 saturated carbocycles. The van der Waals surface area contributed by atoms with Crippen LogP contribution >= 0.6 is 0 Å². The lowest BCUT2D eigenvalue weighted by Gasteiger charge is -2.30. The van der Waals surface area contributed by atoms with Gasteiger partial charge >= 0.3 is 0 Å². The second kappa shape index (κ2) is 12.5. The van der Waals surface area contributed by atoms with Crippen molar-refractivity contribution >= 4 is 60.4 Å². The molecule has 0 unspecified atom stereocenters. The highest BCUT2D eigenvalue weighted by Gasteiger charge is 2.23. The molecule has 0 aliphatic heterocycles. The summed E-state index contributed by atoms with van der Waals surface area (Å²) in [6.45, 7) is 0. The number of benzene rings is 9. The lowest BCUT2D eigenvalue weighted by Crippen LogP contribution is -2.12. The smallest absolute Gasteiger partial charge is 0.0562 e. The second-order valence-corrected chi connectivity index (χ2v) is 13.3. The van der Waals surface area contributed by atoms with Gasteiger partial charge in [-0.15, -0.1) is 0 Å². The molecule has 0 N–H and O–H groups in total. The van der Waals surface area contributed by atoms with Gasteiger partial charge in [0.15, 0.2) is 0 Å². The normalized spacial score (nSPS) is 11.5. The summed E-state index contributed by atoms with van der Waals surface area (Å²) in [4.78, 5) is 2.47. The Labute approximate surface area is 303 Å². The van der Waals surface area contributed by atoms with Crippen molar-refractivity contribution in [3.05, 3.63) is 206 Å². The number of rotatable bonds is 6. The minimum atomic E-state index is 1.09. The van der Waals surface area contributed by atoms with Gasteiger partial charge in [0, 0.05) is 33.0 Å². The topological polar surface area (TPSA) is 8.17 Å². The van der Waals surface area contributed by atoms with Crippen molar-refractivity contribution < 1.29 is 0 Å². The van der Waals surface area contributed by atoms with Crippen molar-refractivity contribution in [2.75, 3.05) is 4.90 Å². The summed E-state index contributed by atoms with van der Waals surface area (Å²) in [6.07, 6.45) is 0. The summed E-state index contributed by atoms with van der Waals surface area (Å²) in [5.74, 6) is 0. The highest BCUT2D eigenvalue weighted by molar-refractivity contribution is 6.16. The molecular weight excluding hydrogens is 629 g/mol. The summed E-state index contributed by atoms with van der Waals surface area (Å²) >= 11 is 0. The van der Waals surface area contributed by atoms with Gasteiger partial charge < -0.3 is 9.47 Å². The summed E-state index contributed by atoms with van der Waals surface area (Å²) in [6, 6.07) is 74.7. The molecule has 0 spiro atoms. The van der Waals surface area contributed by atoms with Crippen LogP contribution in [0.3, 0.4) is 0 Å². The van der Waals surface area contributed by atoms with Crippen molar-refractivity contribution in [1.29, 1.82) is 0 Å². The summed E-state index contributed by atoms with van der Waals surface area (Å²) < 4.78 is 2.45. The molecular formula is C50H34N2. The Kier molecular flexibility index (Phi) is 7.18. The van der Waals surface area contributed by atoms with Crippen LogP contribution in [-0.4, -0.2) is 4.57 Å². The maximum absolute atomic E-state index is 2.47. The summed E-state index contributed by atoms with van der Waals surface area (Å²) in [5.41, 5.74) is 11.6. The number of hydrogen-bond acceptors (Lipinski definition) is 1. The third-order valence-corrected chi connectivity index (χ3v) is 10.4. The van der Waals surface area contributed by atoms with E-state index in [2.05, 4.69) is 216 Å². The third-order valence-electron chi connectivity index (χ3n) is 10.4. The van der Waals surface area contributed by atoms with E-state index in [0.717, 1.165) is 28.3 Å². The predicted molar refractivity (Wildman–Crippen MR) is 221 cm³/mol. The van der Waals surface area contributed by atoms with Gasteiger partial charge in [-0.05, 0) is 63.7 Å². The average Bonchev–Trinajstić information content (AvgIpc) is 3.55. The zero-order valence-electron chi connectivity index (χ0n) is 28.5. The molecule has 0 bridgehead atoms. The number of aromatic nitrogens is 1. The number of anilines is 3. The maximum atomic E-state index is 2.47. The number of para-hydroxylation sites is 3. The molecule has 1 aromatic heterocycles. The molecule has 10 aromatic rings. The fourth-order valence-electron chi connectivity index (χ4n) is 8.05. The van der Waals surface area contributed by atoms with E-state index >= 15 is 0 Å². The van der Waals surface area contributed by atoms with Gasteiger partial charge in [-0.1, -0.05) is 170 Å². The highest BCUT2D eigenvalue weighted by atomic mass is 15.1. The molecule has 0 fully saturated rings. The molecule has 1 heterocycles. The Bertz CT molecular complexity index is 2900. The fourth-order valence-corrected chi connectivity index (χ4v) is 8.05. The molecule has 2 nitrogen and oxygen atoms in total. The fraction of sp³-hybridized carbons (Fsp3) is 0. The van der Waals surface area contributed by atoms with Crippen LogP contribution < -0.4 is 4.90 Å². The Hall–Kier alpha value is -6.90. The van der Waals surface area contributed by atoms with E-state index < -0.39 is 0 Å². The molecule has 0 aliphatic rings. The van der Waals surface area contributed by atoms with Crippen LogP contribution in [0.15, 0.2) is 206 Å². The Balaban J connectivity index is 1.31. The number of fused-ring (bicyclic) bond motifs is 6. The van der Waals surface area contributed by atoms with Crippen LogP contribution in [0.2, 0.25) is 0 Å². The summed E-state index contributed by atoms with van der Waals surface area (Å²) in [5, 5.41) is 7.38. The van der Waals surface area contributed by atoms with Crippen LogP contribution in [0.4, 0.5) is 17.1 Å². The van der Waals surface area contributed by atoms with Gasteiger partial charge in [0.1, 0.15) is 0 Å². The Morgan fingerprint density at radius 3 is 1.67 bits per heavy atom. The van der Waals surface area contributed by atoms with Gasteiger partial charge in [0.25, 0.3) is 0 Å². The van der Waals surface area contributed by atoms with Crippen molar-refractivity contribution in [3.8, 4) is 27.9 Å². The lowest BCUT2D eigenvalue weighted by atomic mass is 9.97. The van der Waals surface area contributed by atoms with Crippen LogP contribution in [0.25, 0.3) is 71.3 Å². The SMILES string of the molecule is c1ccc(-c2ccccc2N(c2ccc3c4ccccc4n(-c4ccccc4-c4ccccc4)c3c2)c2cc3ccccc3c3ccccc23)cc1. The molecule has 0 radical (unpaired) electrons. The molecule has 0 amide bonds. The molecule has 9 aromatic carbocycles. The largest absolute Gasteiger partial charge is 0.309 e. The van der Waals surface area contributed by atoms with E-state index in [1.54, 1.807) is 0 Å². The quantitative estimate of drug-likeness (QED) is 0.161. The van der Waals surface area contributed by atoms with Gasteiger partial charge in [0.05, 0.1) is 28.1 Å². The van der Waals surface area contributed by atoms with E-state index in [0.29, 0.717) is 0 Å². The third kappa shape index (κ3) is 4.88. The van der Waals surface area contributed by atoms with E-state index in [1.807, 2.05) is 0 Å². The first-order valence-electron chi connectivity index (χ1n) is 17.9. The molecule has 52 heavy (non-hydrogen) atoms. The first-order valence-corrected chi connectivity index (χ1v) is 17.9. The second-order valence-electron chi connectivity index (χ2n) is 13.3. The van der Waals surface area contributed by atoms with Crippen molar-refractivity contribution in [1.82, 2.24) is 4.57 Å². The van der Waals surface area contributed by atoms with Crippen LogP contribution in [-0.2, 0) is 0 Å². The first kappa shape index (κ1) is 30.0. The van der Waals surface area contributed by atoms with Crippen molar-refractivity contribution in [3.63, 3.8) is 0 Å². The van der Waals surface area contributed by atoms with E-state index in [-0.39, 0.29) is 0 Å². The average molecular weight is 663 g/mol. The van der Waals surface area contributed by atoms with Gasteiger partial charge in [-0.2, -0.15) is 0 Å². The van der Waals surface area contributed by atoms with Gasteiger partial charge in [-0.3, -0.25) is 0 Å². The van der Waals surface area contributed by atoms with E-state index in [1.165, 1.54) is 60.1 Å². The molecule has 10 rings (SSSR count). The number of nitrogens with zero attached hydrogens (tertiary/aromatic N) is 2. The van der Waals surface area contributed by atoms with Crippen molar-refractivity contribution in [2.45, 2.75) is 0 Å².